The van der Waals surface area contributed by atoms with E-state index in [1.165, 1.54) is 0 Å². The van der Waals surface area contributed by atoms with E-state index in [-0.39, 0.29) is 18.5 Å². The number of fused-ring (bicyclic) bond motifs is 4. The molecular formula is C22H19ClN4O3. The van der Waals surface area contributed by atoms with Gasteiger partial charge in [-0.05, 0) is 43.0 Å². The fourth-order valence-corrected chi connectivity index (χ4v) is 4.54. The van der Waals surface area contributed by atoms with Gasteiger partial charge in [0.1, 0.15) is 6.54 Å². The van der Waals surface area contributed by atoms with Gasteiger partial charge in [0.25, 0.3) is 5.56 Å². The highest BCUT2D eigenvalue weighted by molar-refractivity contribution is 6.35. The number of hydrogen-bond donors (Lipinski definition) is 3. The minimum atomic E-state index is -0.601. The lowest BCUT2D eigenvalue weighted by Gasteiger charge is -2.24. The fourth-order valence-electron chi connectivity index (χ4n) is 4.32. The molecule has 2 heterocycles. The Labute approximate surface area is 175 Å². The summed E-state index contributed by atoms with van der Waals surface area (Å²) in [5.74, 6) is -0.388. The molecule has 152 valence electrons. The maximum Gasteiger partial charge on any atom is 0.329 e. The summed E-state index contributed by atoms with van der Waals surface area (Å²) < 4.78 is 0.934. The predicted molar refractivity (Wildman–Crippen MR) is 116 cm³/mol. The zero-order valence-electron chi connectivity index (χ0n) is 16.0. The van der Waals surface area contributed by atoms with Crippen molar-refractivity contribution in [3.63, 3.8) is 0 Å². The minimum Gasteiger partial charge on any atom is -0.355 e. The first-order valence-corrected chi connectivity index (χ1v) is 10.2. The molecule has 8 heteroatoms. The monoisotopic (exact) mass is 422 g/mol. The first kappa shape index (κ1) is 18.7. The number of nitrogens with one attached hydrogen (secondary N) is 3. The first-order chi connectivity index (χ1) is 14.5. The molecule has 4 aromatic rings. The lowest BCUT2D eigenvalue weighted by molar-refractivity contribution is -0.122. The summed E-state index contributed by atoms with van der Waals surface area (Å²) >= 11 is 6.33. The summed E-state index contributed by atoms with van der Waals surface area (Å²) in [5, 5.41) is 5.06. The summed E-state index contributed by atoms with van der Waals surface area (Å²) in [6.45, 7) is -0.341. The normalized spacial score (nSPS) is 16.0. The number of carbonyl (C=O) groups excluding carboxylic acids is 1. The maximum atomic E-state index is 12.7. The highest BCUT2D eigenvalue weighted by atomic mass is 35.5. The van der Waals surface area contributed by atoms with E-state index in [4.69, 9.17) is 11.6 Å². The van der Waals surface area contributed by atoms with E-state index in [9.17, 15) is 14.4 Å². The second-order valence-corrected chi connectivity index (χ2v) is 7.97. The number of benzene rings is 2. The van der Waals surface area contributed by atoms with Crippen LogP contribution in [0, 0.1) is 0 Å². The van der Waals surface area contributed by atoms with Crippen molar-refractivity contribution >= 4 is 39.3 Å². The second-order valence-electron chi connectivity index (χ2n) is 7.56. The van der Waals surface area contributed by atoms with Crippen LogP contribution in [0.4, 0.5) is 0 Å². The van der Waals surface area contributed by atoms with Crippen LogP contribution in [-0.2, 0) is 17.8 Å². The lowest BCUT2D eigenvalue weighted by Crippen LogP contribution is -2.41. The molecule has 0 saturated heterocycles. The van der Waals surface area contributed by atoms with Gasteiger partial charge in [-0.15, -0.1) is 0 Å². The van der Waals surface area contributed by atoms with Gasteiger partial charge in [-0.3, -0.25) is 14.2 Å². The molecule has 5 rings (SSSR count). The van der Waals surface area contributed by atoms with E-state index in [1.807, 2.05) is 18.2 Å². The molecule has 1 aliphatic rings. The molecule has 2 aromatic carbocycles. The molecule has 7 nitrogen and oxygen atoms in total. The second kappa shape index (κ2) is 7.18. The number of rotatable bonds is 3. The topological polar surface area (TPSA) is 99.8 Å². The molecule has 0 fully saturated rings. The summed E-state index contributed by atoms with van der Waals surface area (Å²) in [6.07, 6.45) is 2.60. The molecule has 3 N–H and O–H groups in total. The molecule has 2 aromatic heterocycles. The highest BCUT2D eigenvalue weighted by Gasteiger charge is 2.26. The average Bonchev–Trinajstić information content (AvgIpc) is 3.12. The molecule has 1 amide bonds. The van der Waals surface area contributed by atoms with Crippen LogP contribution >= 0.6 is 11.6 Å². The molecule has 0 bridgehead atoms. The quantitative estimate of drug-likeness (QED) is 0.473. The minimum absolute atomic E-state index is 0.222. The summed E-state index contributed by atoms with van der Waals surface area (Å²) in [5.41, 5.74) is 2.34. The Kier molecular flexibility index (Phi) is 4.47. The molecule has 1 aliphatic carbocycles. The van der Waals surface area contributed by atoms with Gasteiger partial charge < -0.3 is 15.3 Å². The molecule has 0 aliphatic heterocycles. The van der Waals surface area contributed by atoms with Crippen molar-refractivity contribution in [2.45, 2.75) is 31.8 Å². The van der Waals surface area contributed by atoms with Gasteiger partial charge in [-0.2, -0.15) is 0 Å². The van der Waals surface area contributed by atoms with Gasteiger partial charge in [-0.25, -0.2) is 4.79 Å². The Morgan fingerprint density at radius 2 is 1.90 bits per heavy atom. The lowest BCUT2D eigenvalue weighted by atomic mass is 9.91. The third-order valence-corrected chi connectivity index (χ3v) is 6.03. The molecule has 0 spiro atoms. The van der Waals surface area contributed by atoms with Crippen molar-refractivity contribution in [2.75, 3.05) is 0 Å². The zero-order valence-corrected chi connectivity index (χ0v) is 16.8. The third kappa shape index (κ3) is 3.02. The van der Waals surface area contributed by atoms with E-state index >= 15 is 0 Å². The van der Waals surface area contributed by atoms with Gasteiger partial charge >= 0.3 is 5.69 Å². The molecule has 0 radical (unpaired) electrons. The molecule has 0 saturated carbocycles. The van der Waals surface area contributed by atoms with Crippen LogP contribution in [0.3, 0.4) is 0 Å². The number of nitrogens with zero attached hydrogens (tertiary/aromatic N) is 1. The van der Waals surface area contributed by atoms with Crippen LogP contribution in [-0.4, -0.2) is 20.4 Å². The number of halogens is 1. The first-order valence-electron chi connectivity index (χ1n) is 9.83. The number of carbonyl (C=O) groups is 1. The van der Waals surface area contributed by atoms with Gasteiger partial charge in [0.05, 0.1) is 27.5 Å². The standard InChI is InChI=1S/C22H19ClN4O3/c23-15-8-3-6-12-13-7-4-10-17(20(13)26-19(12)15)24-18(28)11-27-21(29)14-5-1-2-9-16(14)25-22(27)30/h1-3,5-6,8-9,17,26H,4,7,10-11H2,(H,24,28)(H,25,30)/t17-/m1/s1. The Hall–Kier alpha value is -3.32. The number of para-hydroxylation sites is 2. The summed E-state index contributed by atoms with van der Waals surface area (Å²) in [4.78, 5) is 43.8. The highest BCUT2D eigenvalue weighted by Crippen LogP contribution is 2.36. The van der Waals surface area contributed by atoms with E-state index in [2.05, 4.69) is 15.3 Å². The number of H-pyrrole nitrogens is 2. The Morgan fingerprint density at radius 3 is 2.77 bits per heavy atom. The predicted octanol–water partition coefficient (Wildman–Crippen LogP) is 3.02. The van der Waals surface area contributed by atoms with E-state index < -0.39 is 11.2 Å². The zero-order chi connectivity index (χ0) is 20.8. The Balaban J connectivity index is 1.45. The van der Waals surface area contributed by atoms with Crippen LogP contribution in [0.2, 0.25) is 5.02 Å². The molecule has 1 atom stereocenters. The third-order valence-electron chi connectivity index (χ3n) is 5.72. The van der Waals surface area contributed by atoms with E-state index in [0.717, 1.165) is 46.0 Å². The van der Waals surface area contributed by atoms with Crippen molar-refractivity contribution in [3.05, 3.63) is 79.6 Å². The van der Waals surface area contributed by atoms with Gasteiger partial charge in [0.15, 0.2) is 0 Å². The number of aromatic amines is 2. The largest absolute Gasteiger partial charge is 0.355 e. The van der Waals surface area contributed by atoms with E-state index in [1.54, 1.807) is 24.3 Å². The Bertz CT molecular complexity index is 1420. The molecule has 30 heavy (non-hydrogen) atoms. The Morgan fingerprint density at radius 1 is 1.10 bits per heavy atom. The van der Waals surface area contributed by atoms with Crippen molar-refractivity contribution in [3.8, 4) is 0 Å². The van der Waals surface area contributed by atoms with Gasteiger partial charge in [0.2, 0.25) is 5.91 Å². The number of aromatic nitrogens is 3. The number of aryl methyl sites for hydroxylation is 1. The maximum absolute atomic E-state index is 12.7. The van der Waals surface area contributed by atoms with Crippen LogP contribution in [0.5, 0.6) is 0 Å². The van der Waals surface area contributed by atoms with Crippen molar-refractivity contribution in [1.82, 2.24) is 19.9 Å². The summed E-state index contributed by atoms with van der Waals surface area (Å²) in [6, 6.07) is 12.3. The van der Waals surface area contributed by atoms with Gasteiger partial charge in [-0.1, -0.05) is 35.9 Å². The number of hydrogen-bond acceptors (Lipinski definition) is 3. The molecule has 0 unspecified atom stereocenters. The fraction of sp³-hybridized carbons (Fsp3) is 0.227. The average molecular weight is 423 g/mol. The van der Waals surface area contributed by atoms with Crippen molar-refractivity contribution in [2.24, 2.45) is 0 Å². The van der Waals surface area contributed by atoms with E-state index in [0.29, 0.717) is 15.9 Å². The molecular weight excluding hydrogens is 404 g/mol. The van der Waals surface area contributed by atoms with Crippen LogP contribution in [0.15, 0.2) is 52.1 Å². The summed E-state index contributed by atoms with van der Waals surface area (Å²) in [7, 11) is 0. The van der Waals surface area contributed by atoms with Crippen molar-refractivity contribution in [1.29, 1.82) is 0 Å². The smallest absolute Gasteiger partial charge is 0.329 e. The van der Waals surface area contributed by atoms with Crippen LogP contribution in [0.1, 0.15) is 30.1 Å². The van der Waals surface area contributed by atoms with Crippen LogP contribution < -0.4 is 16.6 Å². The van der Waals surface area contributed by atoms with Gasteiger partial charge in [0, 0.05) is 11.1 Å². The SMILES string of the molecule is O=C(Cn1c(=O)[nH]c2ccccc2c1=O)N[C@@H]1CCCc2c1[nH]c1c(Cl)cccc21. The number of amides is 1. The van der Waals surface area contributed by atoms with Crippen molar-refractivity contribution < 1.29 is 4.79 Å². The van der Waals surface area contributed by atoms with Crippen LogP contribution in [0.25, 0.3) is 21.8 Å².